The van der Waals surface area contributed by atoms with Gasteiger partial charge in [-0.2, -0.15) is 0 Å². The van der Waals surface area contributed by atoms with Crippen LogP contribution in [0.4, 0.5) is 25.2 Å². The predicted molar refractivity (Wildman–Crippen MR) is 124 cm³/mol. The molecule has 1 unspecified atom stereocenters. The van der Waals surface area contributed by atoms with Gasteiger partial charge in [0, 0.05) is 36.3 Å². The van der Waals surface area contributed by atoms with Gasteiger partial charge in [0.15, 0.2) is 11.6 Å². The molecule has 3 N–H and O–H groups in total. The molecule has 1 fully saturated rings. The van der Waals surface area contributed by atoms with Crippen molar-refractivity contribution in [1.82, 2.24) is 14.9 Å². The predicted octanol–water partition coefficient (Wildman–Crippen LogP) is 4.97. The Bertz CT molecular complexity index is 1200. The lowest BCUT2D eigenvalue weighted by Gasteiger charge is -2.34. The van der Waals surface area contributed by atoms with E-state index in [0.29, 0.717) is 35.5 Å². The van der Waals surface area contributed by atoms with Crippen molar-refractivity contribution < 1.29 is 18.3 Å². The van der Waals surface area contributed by atoms with Crippen LogP contribution in [0.25, 0.3) is 22.0 Å². The van der Waals surface area contributed by atoms with Crippen LogP contribution in [0.2, 0.25) is 0 Å². The molecule has 1 aliphatic rings. The van der Waals surface area contributed by atoms with E-state index in [0.717, 1.165) is 12.8 Å². The second kappa shape index (κ2) is 8.80. The van der Waals surface area contributed by atoms with E-state index < -0.39 is 17.2 Å². The molecule has 9 heteroatoms. The molecule has 3 aromatic rings. The van der Waals surface area contributed by atoms with E-state index in [-0.39, 0.29) is 23.4 Å². The quantitative estimate of drug-likeness (QED) is 0.542. The Kier molecular flexibility index (Phi) is 6.05. The van der Waals surface area contributed by atoms with E-state index in [1.165, 1.54) is 12.1 Å². The molecule has 1 aliphatic heterocycles. The summed E-state index contributed by atoms with van der Waals surface area (Å²) in [5.74, 6) is -1.60. The van der Waals surface area contributed by atoms with Gasteiger partial charge in [0.2, 0.25) is 5.95 Å². The number of hydrogen-bond donors (Lipinski definition) is 2. The molecule has 0 saturated carbocycles. The highest BCUT2D eigenvalue weighted by Crippen LogP contribution is 2.29. The van der Waals surface area contributed by atoms with Gasteiger partial charge in [-0.25, -0.2) is 23.5 Å². The molecule has 1 amide bonds. The Morgan fingerprint density at radius 3 is 2.76 bits per heavy atom. The zero-order valence-electron chi connectivity index (χ0n) is 18.9. The summed E-state index contributed by atoms with van der Waals surface area (Å²) in [4.78, 5) is 23.0. The van der Waals surface area contributed by atoms with Gasteiger partial charge in [-0.1, -0.05) is 6.07 Å². The molecular weight excluding hydrogens is 428 g/mol. The number of ether oxygens (including phenoxy) is 1. The first-order valence-electron chi connectivity index (χ1n) is 10.9. The number of halogens is 2. The third-order valence-corrected chi connectivity index (χ3v) is 5.41. The Hall–Kier alpha value is -3.49. The zero-order chi connectivity index (χ0) is 23.8. The molecule has 7 nitrogen and oxygen atoms in total. The number of rotatable bonds is 3. The zero-order valence-corrected chi connectivity index (χ0v) is 18.9. The van der Waals surface area contributed by atoms with Crippen LogP contribution in [0.1, 0.15) is 33.6 Å². The van der Waals surface area contributed by atoms with E-state index in [2.05, 4.69) is 15.3 Å². The molecule has 4 rings (SSSR count). The summed E-state index contributed by atoms with van der Waals surface area (Å²) in [6.07, 6.45) is 3.03. The van der Waals surface area contributed by atoms with E-state index in [4.69, 9.17) is 10.5 Å². The van der Waals surface area contributed by atoms with Gasteiger partial charge in [-0.05, 0) is 63.4 Å². The number of nitrogens with one attached hydrogen (secondary N) is 1. The number of carbonyl (C=O) groups excluding carboxylic acids is 1. The first-order chi connectivity index (χ1) is 15.6. The maximum Gasteiger partial charge on any atom is 0.410 e. The van der Waals surface area contributed by atoms with Crippen LogP contribution in [0.3, 0.4) is 0 Å². The number of anilines is 2. The highest BCUT2D eigenvalue weighted by molar-refractivity contribution is 5.85. The molecule has 33 heavy (non-hydrogen) atoms. The molecule has 174 valence electrons. The fraction of sp³-hybridized carbons (Fsp3) is 0.375. The first kappa shape index (κ1) is 22.7. The van der Waals surface area contributed by atoms with Gasteiger partial charge in [-0.15, -0.1) is 0 Å². The Balaban J connectivity index is 1.49. The minimum absolute atomic E-state index is 0.00478. The third kappa shape index (κ3) is 5.13. The molecule has 1 saturated heterocycles. The van der Waals surface area contributed by atoms with E-state index in [1.54, 1.807) is 29.3 Å². The van der Waals surface area contributed by atoms with E-state index >= 15 is 0 Å². The molecule has 2 aromatic carbocycles. The third-order valence-electron chi connectivity index (χ3n) is 5.41. The molecule has 0 aliphatic carbocycles. The smallest absolute Gasteiger partial charge is 0.410 e. The Morgan fingerprint density at radius 2 is 2.00 bits per heavy atom. The van der Waals surface area contributed by atoms with Gasteiger partial charge in [-0.3, -0.25) is 0 Å². The summed E-state index contributed by atoms with van der Waals surface area (Å²) in [5, 5.41) is 3.98. The summed E-state index contributed by atoms with van der Waals surface area (Å²) in [6, 6.07) is 7.90. The largest absolute Gasteiger partial charge is 0.444 e. The molecule has 0 spiro atoms. The van der Waals surface area contributed by atoms with Gasteiger partial charge in [0.25, 0.3) is 0 Å². The van der Waals surface area contributed by atoms with Crippen molar-refractivity contribution in [2.24, 2.45) is 0 Å². The van der Waals surface area contributed by atoms with Crippen LogP contribution in [-0.4, -0.2) is 45.7 Å². The maximum absolute atomic E-state index is 14.3. The van der Waals surface area contributed by atoms with Crippen molar-refractivity contribution in [3.05, 3.63) is 48.2 Å². The van der Waals surface area contributed by atoms with Gasteiger partial charge in [0.1, 0.15) is 5.60 Å². The number of nitrogen functional groups attached to an aromatic ring is 1. The molecular formula is C24H27F2N5O2. The number of benzene rings is 2. The van der Waals surface area contributed by atoms with Crippen LogP contribution >= 0.6 is 0 Å². The molecule has 1 atom stereocenters. The first-order valence-corrected chi connectivity index (χ1v) is 10.9. The number of carbonyl (C=O) groups is 1. The van der Waals surface area contributed by atoms with Crippen LogP contribution in [0, 0.1) is 11.6 Å². The molecule has 1 aromatic heterocycles. The SMILES string of the molecule is CC(C)(C)OC(=O)N1CCCC(Nc2ncc3cc(-c4ccc(N)c(F)c4F)ccc3n2)C1. The fourth-order valence-corrected chi connectivity index (χ4v) is 3.83. The minimum Gasteiger partial charge on any atom is -0.444 e. The fourth-order valence-electron chi connectivity index (χ4n) is 3.83. The summed E-state index contributed by atoms with van der Waals surface area (Å²) < 4.78 is 33.7. The van der Waals surface area contributed by atoms with E-state index in [9.17, 15) is 13.6 Å². The van der Waals surface area contributed by atoms with Crippen molar-refractivity contribution >= 4 is 28.6 Å². The minimum atomic E-state index is -1.06. The molecule has 2 heterocycles. The molecule has 0 radical (unpaired) electrons. The van der Waals surface area contributed by atoms with Gasteiger partial charge in [0.05, 0.1) is 11.2 Å². The van der Waals surface area contributed by atoms with Crippen molar-refractivity contribution in [2.45, 2.75) is 45.3 Å². The van der Waals surface area contributed by atoms with Crippen molar-refractivity contribution in [1.29, 1.82) is 0 Å². The van der Waals surface area contributed by atoms with Crippen LogP contribution < -0.4 is 11.1 Å². The number of nitrogens with two attached hydrogens (primary N) is 1. The number of fused-ring (bicyclic) bond motifs is 1. The summed E-state index contributed by atoms with van der Waals surface area (Å²) in [5.41, 5.74) is 5.94. The Labute approximate surface area is 191 Å². The van der Waals surface area contributed by atoms with E-state index in [1.807, 2.05) is 20.8 Å². The highest BCUT2D eigenvalue weighted by atomic mass is 19.2. The summed E-state index contributed by atoms with van der Waals surface area (Å²) >= 11 is 0. The lowest BCUT2D eigenvalue weighted by atomic mass is 10.0. The highest BCUT2D eigenvalue weighted by Gasteiger charge is 2.28. The number of amides is 1. The summed E-state index contributed by atoms with van der Waals surface area (Å²) in [7, 11) is 0. The average molecular weight is 456 g/mol. The monoisotopic (exact) mass is 455 g/mol. The average Bonchev–Trinajstić information content (AvgIpc) is 2.76. The van der Waals surface area contributed by atoms with Crippen molar-refractivity contribution in [3.63, 3.8) is 0 Å². The van der Waals surface area contributed by atoms with Crippen molar-refractivity contribution in [3.8, 4) is 11.1 Å². The second-order valence-corrected chi connectivity index (χ2v) is 9.21. The second-order valence-electron chi connectivity index (χ2n) is 9.21. The van der Waals surface area contributed by atoms with Gasteiger partial charge < -0.3 is 20.7 Å². The number of aromatic nitrogens is 2. The number of nitrogens with zero attached hydrogens (tertiary/aromatic N) is 3. The van der Waals surface area contributed by atoms with Gasteiger partial charge >= 0.3 is 6.09 Å². The maximum atomic E-state index is 14.3. The standard InChI is InChI=1S/C24H27F2N5O2/c1-24(2,3)33-23(32)31-10-4-5-16(13-31)29-22-28-12-15-11-14(6-9-19(15)30-22)17-7-8-18(27)21(26)20(17)25/h6-9,11-12,16H,4-5,10,13,27H2,1-3H3,(H,28,29,30). The number of piperidine rings is 1. The lowest BCUT2D eigenvalue weighted by molar-refractivity contribution is 0.0206. The van der Waals surface area contributed by atoms with Crippen LogP contribution in [0.15, 0.2) is 36.5 Å². The number of likely N-dealkylation sites (tertiary alicyclic amines) is 1. The number of hydrogen-bond acceptors (Lipinski definition) is 6. The van der Waals surface area contributed by atoms with Crippen LogP contribution in [0.5, 0.6) is 0 Å². The topological polar surface area (TPSA) is 93.4 Å². The summed E-state index contributed by atoms with van der Waals surface area (Å²) in [6.45, 7) is 6.68. The van der Waals surface area contributed by atoms with Crippen molar-refractivity contribution in [2.75, 3.05) is 24.1 Å². The lowest BCUT2D eigenvalue weighted by Crippen LogP contribution is -2.47. The molecule has 0 bridgehead atoms. The van der Waals surface area contributed by atoms with Crippen LogP contribution in [-0.2, 0) is 4.74 Å². The normalized spacial score (nSPS) is 16.6. The Morgan fingerprint density at radius 1 is 1.21 bits per heavy atom.